The van der Waals surface area contributed by atoms with Crippen LogP contribution in [-0.2, 0) is 11.2 Å². The Bertz CT molecular complexity index is 1450. The van der Waals surface area contributed by atoms with Crippen LogP contribution in [0.5, 0.6) is 0 Å². The fraction of sp³-hybridized carbons (Fsp3) is 0.161. The van der Waals surface area contributed by atoms with Gasteiger partial charge in [0.25, 0.3) is 5.91 Å². The third-order valence-electron chi connectivity index (χ3n) is 6.03. The van der Waals surface area contributed by atoms with E-state index >= 15 is 0 Å². The SMILES string of the molecule is Cc1cc(C)cc(Cc2ccc3ccccc3c2/C=C(\C#N)C(=O)Nc2cc(C)ccc2C)c1. The van der Waals surface area contributed by atoms with Gasteiger partial charge in [0.05, 0.1) is 0 Å². The van der Waals surface area contributed by atoms with Crippen molar-refractivity contribution in [1.82, 2.24) is 0 Å². The molecule has 4 aromatic carbocycles. The second kappa shape index (κ2) is 9.77. The minimum atomic E-state index is -0.401. The molecule has 0 aliphatic carbocycles. The number of carbonyl (C=O) groups is 1. The fourth-order valence-electron chi connectivity index (χ4n) is 4.41. The Morgan fingerprint density at radius 3 is 2.35 bits per heavy atom. The second-order valence-corrected chi connectivity index (χ2v) is 8.97. The monoisotopic (exact) mass is 444 g/mol. The van der Waals surface area contributed by atoms with E-state index in [-0.39, 0.29) is 5.57 Å². The van der Waals surface area contributed by atoms with Crippen molar-refractivity contribution in [3.05, 3.63) is 117 Å². The summed E-state index contributed by atoms with van der Waals surface area (Å²) in [6.45, 7) is 8.12. The highest BCUT2D eigenvalue weighted by Crippen LogP contribution is 2.28. The number of hydrogen-bond donors (Lipinski definition) is 1. The summed E-state index contributed by atoms with van der Waals surface area (Å²) in [5.74, 6) is -0.401. The van der Waals surface area contributed by atoms with Crippen LogP contribution in [0.1, 0.15) is 38.9 Å². The first-order valence-electron chi connectivity index (χ1n) is 11.4. The van der Waals surface area contributed by atoms with Gasteiger partial charge in [-0.15, -0.1) is 0 Å². The number of hydrogen-bond acceptors (Lipinski definition) is 2. The molecular formula is C31H28N2O. The van der Waals surface area contributed by atoms with Gasteiger partial charge in [0.1, 0.15) is 11.6 Å². The summed E-state index contributed by atoms with van der Waals surface area (Å²) in [6.07, 6.45) is 2.46. The van der Waals surface area contributed by atoms with E-state index in [1.165, 1.54) is 16.7 Å². The Kier molecular flexibility index (Phi) is 6.61. The molecular weight excluding hydrogens is 416 g/mol. The summed E-state index contributed by atoms with van der Waals surface area (Å²) in [5.41, 5.74) is 8.45. The summed E-state index contributed by atoms with van der Waals surface area (Å²) in [5, 5.41) is 14.9. The average molecular weight is 445 g/mol. The molecule has 4 aromatic rings. The molecule has 0 radical (unpaired) electrons. The first kappa shape index (κ1) is 23.0. The molecule has 34 heavy (non-hydrogen) atoms. The Hall–Kier alpha value is -4.16. The smallest absolute Gasteiger partial charge is 0.266 e. The number of nitriles is 1. The van der Waals surface area contributed by atoms with Crippen LogP contribution in [0.2, 0.25) is 0 Å². The lowest BCUT2D eigenvalue weighted by atomic mass is 9.92. The highest BCUT2D eigenvalue weighted by Gasteiger charge is 2.14. The molecule has 0 bridgehead atoms. The van der Waals surface area contributed by atoms with Crippen molar-refractivity contribution in [2.45, 2.75) is 34.1 Å². The lowest BCUT2D eigenvalue weighted by molar-refractivity contribution is -0.112. The first-order chi connectivity index (χ1) is 16.3. The number of nitrogens with zero attached hydrogens (tertiary/aromatic N) is 1. The number of aryl methyl sites for hydroxylation is 4. The number of amides is 1. The van der Waals surface area contributed by atoms with Crippen LogP contribution in [-0.4, -0.2) is 5.91 Å². The zero-order valence-electron chi connectivity index (χ0n) is 20.1. The molecule has 0 saturated carbocycles. The van der Waals surface area contributed by atoms with E-state index in [1.54, 1.807) is 6.08 Å². The minimum Gasteiger partial charge on any atom is -0.321 e. The van der Waals surface area contributed by atoms with Crippen LogP contribution in [0, 0.1) is 39.0 Å². The fourth-order valence-corrected chi connectivity index (χ4v) is 4.41. The maximum atomic E-state index is 13.1. The van der Waals surface area contributed by atoms with Gasteiger partial charge >= 0.3 is 0 Å². The predicted octanol–water partition coefficient (Wildman–Crippen LogP) is 7.21. The van der Waals surface area contributed by atoms with Crippen molar-refractivity contribution < 1.29 is 4.79 Å². The number of nitrogens with one attached hydrogen (secondary N) is 1. The predicted molar refractivity (Wildman–Crippen MR) is 141 cm³/mol. The molecule has 4 rings (SSSR count). The van der Waals surface area contributed by atoms with Crippen LogP contribution in [0.25, 0.3) is 16.8 Å². The number of fused-ring (bicyclic) bond motifs is 1. The van der Waals surface area contributed by atoms with Crippen molar-refractivity contribution in [3.63, 3.8) is 0 Å². The van der Waals surface area contributed by atoms with Crippen molar-refractivity contribution in [2.75, 3.05) is 5.32 Å². The molecule has 3 heteroatoms. The van der Waals surface area contributed by atoms with Gasteiger partial charge in [0, 0.05) is 5.69 Å². The minimum absolute atomic E-state index is 0.0823. The molecule has 0 unspecified atom stereocenters. The lowest BCUT2D eigenvalue weighted by Gasteiger charge is -2.13. The van der Waals surface area contributed by atoms with E-state index < -0.39 is 5.91 Å². The van der Waals surface area contributed by atoms with Gasteiger partial charge in [-0.1, -0.05) is 77.9 Å². The second-order valence-electron chi connectivity index (χ2n) is 8.97. The standard InChI is InChI=1S/C31H28N2O/c1-20-9-10-23(4)30(16-20)33-31(34)27(19-32)18-29-26(12-11-25-7-5-6-8-28(25)29)17-24-14-21(2)13-22(3)15-24/h5-16,18H,17H2,1-4H3,(H,33,34)/b27-18+. The first-order valence-corrected chi connectivity index (χ1v) is 11.4. The van der Waals surface area contributed by atoms with Crippen LogP contribution >= 0.6 is 0 Å². The van der Waals surface area contributed by atoms with Crippen LogP contribution in [0.4, 0.5) is 5.69 Å². The van der Waals surface area contributed by atoms with E-state index in [4.69, 9.17) is 0 Å². The molecule has 0 aliphatic heterocycles. The van der Waals surface area contributed by atoms with E-state index in [0.717, 1.165) is 45.1 Å². The highest BCUT2D eigenvalue weighted by molar-refractivity contribution is 6.11. The third kappa shape index (κ3) is 5.08. The van der Waals surface area contributed by atoms with E-state index in [1.807, 2.05) is 50.2 Å². The van der Waals surface area contributed by atoms with Gasteiger partial charge < -0.3 is 5.32 Å². The molecule has 0 aromatic heterocycles. The van der Waals surface area contributed by atoms with Gasteiger partial charge in [-0.05, 0) is 84.8 Å². The number of benzene rings is 4. The molecule has 168 valence electrons. The third-order valence-corrected chi connectivity index (χ3v) is 6.03. The zero-order chi connectivity index (χ0) is 24.2. The maximum Gasteiger partial charge on any atom is 0.266 e. The Labute approximate surface area is 201 Å². The van der Waals surface area contributed by atoms with E-state index in [2.05, 4.69) is 61.6 Å². The topological polar surface area (TPSA) is 52.9 Å². The Morgan fingerprint density at radius 2 is 1.62 bits per heavy atom. The number of rotatable bonds is 5. The van der Waals surface area contributed by atoms with E-state index in [0.29, 0.717) is 0 Å². The molecule has 0 atom stereocenters. The molecule has 1 N–H and O–H groups in total. The van der Waals surface area contributed by atoms with E-state index in [9.17, 15) is 10.1 Å². The molecule has 0 aliphatic rings. The molecule has 3 nitrogen and oxygen atoms in total. The molecule has 0 heterocycles. The van der Waals surface area contributed by atoms with Crippen LogP contribution in [0.3, 0.4) is 0 Å². The summed E-state index contributed by atoms with van der Waals surface area (Å²) in [7, 11) is 0. The quantitative estimate of drug-likeness (QED) is 0.261. The van der Waals surface area contributed by atoms with Crippen molar-refractivity contribution in [1.29, 1.82) is 5.26 Å². The van der Waals surface area contributed by atoms with Crippen molar-refractivity contribution in [2.24, 2.45) is 0 Å². The Balaban J connectivity index is 1.79. The number of carbonyl (C=O) groups excluding carboxylic acids is 1. The summed E-state index contributed by atoms with van der Waals surface area (Å²) in [6, 6.07) is 26.8. The van der Waals surface area contributed by atoms with Gasteiger partial charge in [-0.3, -0.25) is 4.79 Å². The highest BCUT2D eigenvalue weighted by atomic mass is 16.1. The normalized spacial score (nSPS) is 11.3. The molecule has 0 fully saturated rings. The maximum absolute atomic E-state index is 13.1. The largest absolute Gasteiger partial charge is 0.321 e. The van der Waals surface area contributed by atoms with Crippen molar-refractivity contribution >= 4 is 28.4 Å². The van der Waals surface area contributed by atoms with Crippen molar-refractivity contribution in [3.8, 4) is 6.07 Å². The Morgan fingerprint density at radius 1 is 0.882 bits per heavy atom. The molecule has 0 spiro atoms. The van der Waals surface area contributed by atoms with Gasteiger partial charge in [0.15, 0.2) is 0 Å². The summed E-state index contributed by atoms with van der Waals surface area (Å²) in [4.78, 5) is 13.1. The van der Waals surface area contributed by atoms with Gasteiger partial charge in [-0.25, -0.2) is 0 Å². The molecule has 1 amide bonds. The van der Waals surface area contributed by atoms with Gasteiger partial charge in [0.2, 0.25) is 0 Å². The van der Waals surface area contributed by atoms with Crippen LogP contribution < -0.4 is 5.32 Å². The summed E-state index contributed by atoms with van der Waals surface area (Å²) < 4.78 is 0. The van der Waals surface area contributed by atoms with Crippen LogP contribution in [0.15, 0.2) is 78.4 Å². The molecule has 0 saturated heterocycles. The average Bonchev–Trinajstić information content (AvgIpc) is 2.80. The number of anilines is 1. The zero-order valence-corrected chi connectivity index (χ0v) is 20.1. The summed E-state index contributed by atoms with van der Waals surface area (Å²) >= 11 is 0. The lowest BCUT2D eigenvalue weighted by Crippen LogP contribution is -2.14. The van der Waals surface area contributed by atoms with Gasteiger partial charge in [-0.2, -0.15) is 5.26 Å².